The molecule has 0 radical (unpaired) electrons. The highest BCUT2D eigenvalue weighted by Gasteiger charge is 2.42. The first kappa shape index (κ1) is 63.6. The summed E-state index contributed by atoms with van der Waals surface area (Å²) in [6.45, 7) is 16.9. The highest BCUT2D eigenvalue weighted by Crippen LogP contribution is 2.42. The first-order valence-corrected chi connectivity index (χ1v) is 29.1. The standard InChI is InChI=1S/C58H86F3N9O11/c1-43(2)57-65-63-44(3)70(57)51-39-49-12-13-50(40-51)69(49)19-15-54(45-9-5-4-6-10-45)62-58(72)46-14-18-67(41-46)17-8-7-11-48-42-68(66-64-48)20-22-74-24-26-76-28-30-78-32-34-80-36-35-79-33-31-77-29-27-75-25-23-73-21-16-55(71)81-56-52(60)37-47(59)38-53(56)61/h4-6,9-10,37-38,42-43,46,49-51,54H,7-8,11-36,39-41H2,1-3H3,(H,62,72)/t46-,49?,50?,51?,54+/m1/s1. The van der Waals surface area contributed by atoms with Crippen LogP contribution in [0.2, 0.25) is 0 Å². The Morgan fingerprint density at radius 3 is 1.81 bits per heavy atom. The van der Waals surface area contributed by atoms with Crippen LogP contribution < -0.4 is 10.1 Å². The normalized spacial score (nSPS) is 18.8. The van der Waals surface area contributed by atoms with Crippen molar-refractivity contribution in [2.75, 3.05) is 132 Å². The number of rotatable bonds is 41. The van der Waals surface area contributed by atoms with Gasteiger partial charge in [-0.25, -0.2) is 17.9 Å². The van der Waals surface area contributed by atoms with Crippen molar-refractivity contribution in [2.45, 2.75) is 122 Å². The van der Waals surface area contributed by atoms with Crippen LogP contribution in [-0.2, 0) is 60.4 Å². The Hall–Kier alpha value is -4.95. The molecule has 0 saturated carbocycles. The summed E-state index contributed by atoms with van der Waals surface area (Å²) in [4.78, 5) is 30.8. The van der Waals surface area contributed by atoms with E-state index in [1.165, 1.54) is 18.4 Å². The van der Waals surface area contributed by atoms with Crippen LogP contribution in [0, 0.1) is 30.3 Å². The van der Waals surface area contributed by atoms with Crippen molar-refractivity contribution in [3.8, 4) is 5.75 Å². The average Bonchev–Trinajstić information content (AvgIpc) is 4.37. The number of unbranched alkanes of at least 4 members (excludes halogenated alkanes) is 1. The predicted octanol–water partition coefficient (Wildman–Crippen LogP) is 6.61. The Bertz CT molecular complexity index is 2400. The average molecular weight is 1140 g/mol. The third-order valence-corrected chi connectivity index (χ3v) is 14.9. The van der Waals surface area contributed by atoms with E-state index in [0.29, 0.717) is 129 Å². The van der Waals surface area contributed by atoms with Gasteiger partial charge in [-0.3, -0.25) is 14.5 Å². The van der Waals surface area contributed by atoms with Crippen LogP contribution in [0.4, 0.5) is 13.2 Å². The fraction of sp³-hybridized carbons (Fsp3) is 0.690. The number of fused-ring (bicyclic) bond motifs is 2. The summed E-state index contributed by atoms with van der Waals surface area (Å²) in [5.41, 5.74) is 2.16. The molecule has 81 heavy (non-hydrogen) atoms. The molecule has 3 fully saturated rings. The maximum absolute atomic E-state index is 13.9. The van der Waals surface area contributed by atoms with Crippen molar-refractivity contribution in [3.63, 3.8) is 0 Å². The van der Waals surface area contributed by atoms with E-state index in [1.807, 2.05) is 16.9 Å². The second-order valence-corrected chi connectivity index (χ2v) is 21.2. The molecule has 2 aromatic carbocycles. The minimum atomic E-state index is -1.30. The predicted molar refractivity (Wildman–Crippen MR) is 293 cm³/mol. The monoisotopic (exact) mass is 1140 g/mol. The molecule has 4 atom stereocenters. The van der Waals surface area contributed by atoms with Crippen LogP contribution in [-0.4, -0.2) is 195 Å². The lowest BCUT2D eigenvalue weighted by Crippen LogP contribution is -2.45. The third-order valence-electron chi connectivity index (χ3n) is 14.9. The molecule has 1 amide bonds. The van der Waals surface area contributed by atoms with Gasteiger partial charge >= 0.3 is 5.97 Å². The van der Waals surface area contributed by atoms with E-state index >= 15 is 0 Å². The number of piperidine rings is 1. The van der Waals surface area contributed by atoms with Gasteiger partial charge in [0.15, 0.2) is 11.6 Å². The van der Waals surface area contributed by atoms with Crippen molar-refractivity contribution < 1.29 is 65.4 Å². The number of carbonyl (C=O) groups is 2. The van der Waals surface area contributed by atoms with Gasteiger partial charge in [-0.15, -0.1) is 15.3 Å². The lowest BCUT2D eigenvalue weighted by molar-refractivity contribution is -0.136. The summed E-state index contributed by atoms with van der Waals surface area (Å²) in [5.74, 6) is -2.91. The van der Waals surface area contributed by atoms with E-state index in [0.717, 1.165) is 88.5 Å². The molecule has 4 aromatic rings. The summed E-state index contributed by atoms with van der Waals surface area (Å²) in [6.07, 6.45) is 11.2. The molecule has 0 spiro atoms. The maximum atomic E-state index is 13.9. The van der Waals surface area contributed by atoms with Crippen LogP contribution >= 0.6 is 0 Å². The number of halogens is 3. The number of likely N-dealkylation sites (tertiary alicyclic amines) is 1. The SMILES string of the molecule is Cc1nnc(C(C)C)n1C1CC2CCC(C1)N2CC[C@H](NC(=O)[C@@H]1CCN(CCCCc2cn(CCOCCOCCOCCOCCOCCOCCOCCOCCC(=O)Oc3c(F)cc(F)cc3F)nn2)C1)c1ccccc1. The van der Waals surface area contributed by atoms with Gasteiger partial charge < -0.3 is 57.4 Å². The number of benzene rings is 2. The zero-order valence-corrected chi connectivity index (χ0v) is 47.7. The highest BCUT2D eigenvalue weighted by molar-refractivity contribution is 5.79. The van der Waals surface area contributed by atoms with Gasteiger partial charge in [-0.1, -0.05) is 49.4 Å². The Morgan fingerprint density at radius 2 is 1.23 bits per heavy atom. The second-order valence-electron chi connectivity index (χ2n) is 21.2. The van der Waals surface area contributed by atoms with E-state index in [2.05, 4.69) is 90.0 Å². The summed E-state index contributed by atoms with van der Waals surface area (Å²) in [5, 5.41) is 21.2. The Kier molecular flexibility index (Phi) is 27.7. The number of hydrogen-bond acceptors (Lipinski definition) is 17. The molecule has 2 unspecified atom stereocenters. The zero-order chi connectivity index (χ0) is 57.0. The van der Waals surface area contributed by atoms with Crippen molar-refractivity contribution in [3.05, 3.63) is 89.0 Å². The molecule has 0 aliphatic carbocycles. The van der Waals surface area contributed by atoms with E-state index in [9.17, 15) is 22.8 Å². The molecule has 5 heterocycles. The molecule has 450 valence electrons. The molecule has 3 aliphatic rings. The number of esters is 1. The molecule has 3 aliphatic heterocycles. The number of amides is 1. The topological polar surface area (TPSA) is 197 Å². The minimum absolute atomic E-state index is 0.00161. The van der Waals surface area contributed by atoms with Gasteiger partial charge in [0, 0.05) is 55.5 Å². The van der Waals surface area contributed by atoms with Crippen molar-refractivity contribution in [1.82, 2.24) is 44.9 Å². The Labute approximate surface area is 474 Å². The minimum Gasteiger partial charge on any atom is -0.420 e. The molecule has 7 rings (SSSR count). The van der Waals surface area contributed by atoms with E-state index in [-0.39, 0.29) is 44.1 Å². The number of hydrogen-bond donors (Lipinski definition) is 1. The van der Waals surface area contributed by atoms with E-state index < -0.39 is 29.2 Å². The molecule has 3 saturated heterocycles. The lowest BCUT2D eigenvalue weighted by Gasteiger charge is -2.40. The zero-order valence-electron chi connectivity index (χ0n) is 47.7. The van der Waals surface area contributed by atoms with Crippen molar-refractivity contribution in [2.24, 2.45) is 5.92 Å². The van der Waals surface area contributed by atoms with Crippen LogP contribution in [0.3, 0.4) is 0 Å². The molecule has 2 bridgehead atoms. The van der Waals surface area contributed by atoms with Crippen LogP contribution in [0.25, 0.3) is 0 Å². The lowest BCUT2D eigenvalue weighted by atomic mass is 9.94. The van der Waals surface area contributed by atoms with Gasteiger partial charge in [0.25, 0.3) is 0 Å². The fourth-order valence-electron chi connectivity index (χ4n) is 10.8. The van der Waals surface area contributed by atoms with Gasteiger partial charge in [0.1, 0.15) is 17.5 Å². The van der Waals surface area contributed by atoms with Gasteiger partial charge in [-0.2, -0.15) is 0 Å². The molecule has 20 nitrogen and oxygen atoms in total. The number of carbonyl (C=O) groups excluding carboxylic acids is 2. The molecule has 23 heteroatoms. The number of ether oxygens (including phenoxy) is 9. The second kappa shape index (κ2) is 35.2. The molecular weight excluding hydrogens is 1060 g/mol. The van der Waals surface area contributed by atoms with Crippen LogP contribution in [0.5, 0.6) is 5.75 Å². The molecule has 1 N–H and O–H groups in total. The highest BCUT2D eigenvalue weighted by atomic mass is 19.1. The summed E-state index contributed by atoms with van der Waals surface area (Å²) in [7, 11) is 0. The summed E-state index contributed by atoms with van der Waals surface area (Å²) < 4.78 is 93.0. The van der Waals surface area contributed by atoms with Gasteiger partial charge in [0.05, 0.1) is 136 Å². The maximum Gasteiger partial charge on any atom is 0.313 e. The van der Waals surface area contributed by atoms with Gasteiger partial charge in [-0.05, 0) is 83.4 Å². The number of aromatic nitrogens is 6. The van der Waals surface area contributed by atoms with Crippen LogP contribution in [0.15, 0.2) is 48.7 Å². The van der Waals surface area contributed by atoms with E-state index in [1.54, 1.807) is 0 Å². The number of aryl methyl sites for hydroxylation is 2. The quantitative estimate of drug-likeness (QED) is 0.0283. The third kappa shape index (κ3) is 21.6. The Balaban J connectivity index is 0.615. The number of nitrogens with one attached hydrogen (secondary N) is 1. The largest absolute Gasteiger partial charge is 0.420 e. The first-order valence-electron chi connectivity index (χ1n) is 29.1. The van der Waals surface area contributed by atoms with Crippen molar-refractivity contribution in [1.29, 1.82) is 0 Å². The summed E-state index contributed by atoms with van der Waals surface area (Å²) >= 11 is 0. The van der Waals surface area contributed by atoms with Gasteiger partial charge in [0.2, 0.25) is 11.7 Å². The fourth-order valence-corrected chi connectivity index (χ4v) is 10.8. The molecule has 2 aromatic heterocycles. The first-order chi connectivity index (χ1) is 39.5. The van der Waals surface area contributed by atoms with Crippen molar-refractivity contribution >= 4 is 11.9 Å². The summed E-state index contributed by atoms with van der Waals surface area (Å²) in [6, 6.07) is 12.9. The van der Waals surface area contributed by atoms with E-state index in [4.69, 9.17) is 37.9 Å². The van der Waals surface area contributed by atoms with Crippen LogP contribution in [0.1, 0.15) is 113 Å². The smallest absolute Gasteiger partial charge is 0.313 e. The number of nitrogens with zero attached hydrogens (tertiary/aromatic N) is 8. The molecular formula is C58H86F3N9O11. The Morgan fingerprint density at radius 1 is 0.667 bits per heavy atom.